The predicted molar refractivity (Wildman–Crippen MR) is 205 cm³/mol. The molecular formula is C39H82O6. The molecule has 3 unspecified atom stereocenters. The van der Waals surface area contributed by atoms with Crippen LogP contribution < -0.4 is 0 Å². The van der Waals surface area contributed by atoms with E-state index in [0.29, 0.717) is 32.0 Å². The van der Waals surface area contributed by atoms with Crippen LogP contribution in [0.3, 0.4) is 0 Å². The molecule has 0 amide bonds. The third-order valence-corrected chi connectivity index (χ3v) is 6.19. The Hall–Kier alpha value is -2.44. The zero-order chi connectivity index (χ0) is 28.6. The van der Waals surface area contributed by atoms with Crippen molar-refractivity contribution in [1.82, 2.24) is 0 Å². The lowest BCUT2D eigenvalue weighted by atomic mass is 9.82. The van der Waals surface area contributed by atoms with Gasteiger partial charge in [-0.15, -0.1) is 6.58 Å². The molecule has 2 saturated heterocycles. The summed E-state index contributed by atoms with van der Waals surface area (Å²) in [5, 5.41) is 0. The van der Waals surface area contributed by atoms with Gasteiger partial charge in [0.2, 0.25) is 0 Å². The number of esters is 2. The first-order valence-corrected chi connectivity index (χ1v) is 13.0. The number of epoxide rings is 2. The molecule has 0 spiro atoms. The number of hydrogen-bond acceptors (Lipinski definition) is 6. The fourth-order valence-electron chi connectivity index (χ4n) is 2.46. The van der Waals surface area contributed by atoms with Crippen LogP contribution in [0.4, 0.5) is 0 Å². The van der Waals surface area contributed by atoms with Crippen molar-refractivity contribution in [3.8, 4) is 0 Å². The van der Waals surface area contributed by atoms with Crippen molar-refractivity contribution in [2.75, 3.05) is 26.4 Å². The van der Waals surface area contributed by atoms with Crippen LogP contribution in [0.5, 0.6) is 0 Å². The fraction of sp³-hybridized carbons (Fsp3) is 0.692. The molecule has 0 aromatic rings. The minimum absolute atomic E-state index is 0. The molecule has 45 heavy (non-hydrogen) atoms. The summed E-state index contributed by atoms with van der Waals surface area (Å²) in [5.74, 6) is -0.448. The summed E-state index contributed by atoms with van der Waals surface area (Å²) in [6, 6.07) is 0. The molecule has 6 heteroatoms. The average Bonchev–Trinajstić information content (AvgIpc) is 3.79. The SMILES string of the molecule is C.C.C.C.C.C.C.C.C=C(C)C(=O)OCC1CO1.C=CC(=C)C.C=CC(C)(C)CCC(C)=CCC(C)(CC)C(=O)OCC1CO1. The largest absolute Gasteiger partial charge is 0.462 e. The third-order valence-electron chi connectivity index (χ3n) is 6.19. The van der Waals surface area contributed by atoms with Gasteiger partial charge in [-0.1, -0.05) is 129 Å². The summed E-state index contributed by atoms with van der Waals surface area (Å²) in [6.07, 6.45) is 9.81. The van der Waals surface area contributed by atoms with E-state index < -0.39 is 5.41 Å². The maximum atomic E-state index is 12.3. The predicted octanol–water partition coefficient (Wildman–Crippen LogP) is 12.0. The minimum atomic E-state index is -0.440. The molecule has 0 radical (unpaired) electrons. The summed E-state index contributed by atoms with van der Waals surface area (Å²) in [6.45, 7) is 30.6. The minimum Gasteiger partial charge on any atom is -0.462 e. The van der Waals surface area contributed by atoms with Crippen LogP contribution in [-0.4, -0.2) is 50.6 Å². The highest BCUT2D eigenvalue weighted by atomic mass is 16.6. The van der Waals surface area contributed by atoms with Crippen LogP contribution >= 0.6 is 0 Å². The van der Waals surface area contributed by atoms with Gasteiger partial charge >= 0.3 is 11.9 Å². The molecule has 2 rings (SSSR count). The molecule has 0 saturated carbocycles. The highest BCUT2D eigenvalue weighted by Crippen LogP contribution is 2.31. The van der Waals surface area contributed by atoms with E-state index in [-0.39, 0.29) is 89.0 Å². The Morgan fingerprint density at radius 2 is 1.22 bits per heavy atom. The monoisotopic (exact) mass is 647 g/mol. The Kier molecular flexibility index (Phi) is 47.8. The number of allylic oxidation sites excluding steroid dienone is 5. The van der Waals surface area contributed by atoms with Crippen LogP contribution in [0, 0.1) is 10.8 Å². The molecule has 2 fully saturated rings. The first-order valence-electron chi connectivity index (χ1n) is 13.0. The highest BCUT2D eigenvalue weighted by molar-refractivity contribution is 5.86. The lowest BCUT2D eigenvalue weighted by molar-refractivity contribution is -0.155. The second-order valence-electron chi connectivity index (χ2n) is 10.8. The van der Waals surface area contributed by atoms with Gasteiger partial charge in [-0.2, -0.15) is 0 Å². The van der Waals surface area contributed by atoms with E-state index in [4.69, 9.17) is 18.9 Å². The number of rotatable bonds is 14. The van der Waals surface area contributed by atoms with Crippen LogP contribution in [0.1, 0.15) is 134 Å². The van der Waals surface area contributed by atoms with Crippen molar-refractivity contribution in [3.05, 3.63) is 61.3 Å². The maximum Gasteiger partial charge on any atom is 0.333 e. The van der Waals surface area contributed by atoms with Crippen LogP contribution in [0.15, 0.2) is 61.3 Å². The van der Waals surface area contributed by atoms with Crippen molar-refractivity contribution in [2.24, 2.45) is 10.8 Å². The number of carbonyl (C=O) groups is 2. The average molecular weight is 647 g/mol. The van der Waals surface area contributed by atoms with Crippen LogP contribution in [0.25, 0.3) is 0 Å². The lowest BCUT2D eigenvalue weighted by Crippen LogP contribution is -2.30. The standard InChI is InChI=1S/C19H32O3.C7H10O3.C5H8.8CH4/c1-7-18(4,5)11-9-15(3)10-12-19(6,8-2)17(20)22-14-16-13-21-16;1-5(2)7(8)10-4-6-3-9-6;1-4-5(2)3;;;;;;;;/h7,10,16H,1,8-9,11-14H2,2-6H3;6H,1,3-4H2,2H3;4H,1-2H2,3H3;8*1H4. The Morgan fingerprint density at radius 3 is 1.53 bits per heavy atom. The third kappa shape index (κ3) is 34.3. The molecule has 0 bridgehead atoms. The van der Waals surface area contributed by atoms with E-state index in [1.165, 1.54) is 5.57 Å². The molecular weight excluding hydrogens is 564 g/mol. The van der Waals surface area contributed by atoms with E-state index in [0.717, 1.165) is 31.3 Å². The Bertz CT molecular complexity index is 815. The van der Waals surface area contributed by atoms with Crippen molar-refractivity contribution in [3.63, 3.8) is 0 Å². The molecule has 3 atom stereocenters. The zero-order valence-electron chi connectivity index (χ0n) is 24.3. The van der Waals surface area contributed by atoms with Crippen molar-refractivity contribution >= 4 is 11.9 Å². The Balaban J connectivity index is -0.0000000690. The van der Waals surface area contributed by atoms with Gasteiger partial charge < -0.3 is 18.9 Å². The molecule has 0 aliphatic carbocycles. The smallest absolute Gasteiger partial charge is 0.333 e. The number of ether oxygens (including phenoxy) is 4. The first kappa shape index (κ1) is 65.3. The van der Waals surface area contributed by atoms with Crippen molar-refractivity contribution in [1.29, 1.82) is 0 Å². The second-order valence-corrected chi connectivity index (χ2v) is 10.8. The summed E-state index contributed by atoms with van der Waals surface area (Å²) >= 11 is 0. The maximum absolute atomic E-state index is 12.3. The Labute approximate surface area is 284 Å². The van der Waals surface area contributed by atoms with Crippen LogP contribution in [0.2, 0.25) is 0 Å². The van der Waals surface area contributed by atoms with Crippen molar-refractivity contribution < 1.29 is 28.5 Å². The molecule has 2 aliphatic heterocycles. The molecule has 0 aromatic heterocycles. The van der Waals surface area contributed by atoms with Crippen molar-refractivity contribution in [2.45, 2.75) is 146 Å². The molecule has 2 aliphatic rings. The van der Waals surface area contributed by atoms with E-state index in [9.17, 15) is 9.59 Å². The van der Waals surface area contributed by atoms with Gasteiger partial charge in [-0.3, -0.25) is 4.79 Å². The quantitative estimate of drug-likeness (QED) is 0.0614. The van der Waals surface area contributed by atoms with Gasteiger partial charge in [-0.25, -0.2) is 4.79 Å². The summed E-state index contributed by atoms with van der Waals surface area (Å²) in [7, 11) is 0. The lowest BCUT2D eigenvalue weighted by Gasteiger charge is -2.25. The van der Waals surface area contributed by atoms with Gasteiger partial charge in [0.25, 0.3) is 0 Å². The van der Waals surface area contributed by atoms with Gasteiger partial charge in [-0.05, 0) is 58.8 Å². The molecule has 6 nitrogen and oxygen atoms in total. The number of hydrogen-bond donors (Lipinski definition) is 0. The highest BCUT2D eigenvalue weighted by Gasteiger charge is 2.34. The van der Waals surface area contributed by atoms with Gasteiger partial charge in [0.05, 0.1) is 18.6 Å². The first-order chi connectivity index (χ1) is 17.2. The zero-order valence-corrected chi connectivity index (χ0v) is 24.3. The Morgan fingerprint density at radius 1 is 0.822 bits per heavy atom. The molecule has 0 aromatic carbocycles. The van der Waals surface area contributed by atoms with E-state index in [1.54, 1.807) is 13.0 Å². The summed E-state index contributed by atoms with van der Waals surface area (Å²) < 4.78 is 20.1. The number of carbonyl (C=O) groups excluding carboxylic acids is 2. The summed E-state index contributed by atoms with van der Waals surface area (Å²) in [4.78, 5) is 23.0. The normalized spacial score (nSPS) is 15.9. The van der Waals surface area contributed by atoms with Gasteiger partial charge in [0.15, 0.2) is 0 Å². The van der Waals surface area contributed by atoms with E-state index >= 15 is 0 Å². The molecule has 274 valence electrons. The van der Waals surface area contributed by atoms with E-state index in [2.05, 4.69) is 53.2 Å². The molecule has 0 N–H and O–H groups in total. The van der Waals surface area contributed by atoms with Gasteiger partial charge in [0, 0.05) is 5.57 Å². The second kappa shape index (κ2) is 32.9. The van der Waals surface area contributed by atoms with Gasteiger partial charge in [0.1, 0.15) is 25.4 Å². The van der Waals surface area contributed by atoms with Crippen LogP contribution in [-0.2, 0) is 28.5 Å². The summed E-state index contributed by atoms with van der Waals surface area (Å²) in [5.41, 5.74) is 2.50. The fourth-order valence-corrected chi connectivity index (χ4v) is 2.46. The van der Waals surface area contributed by atoms with E-state index in [1.807, 2.05) is 26.8 Å². The molecule has 2 heterocycles. The topological polar surface area (TPSA) is 77.7 Å².